The SMILES string of the molecule is CC1NC=CC=CC1(C)C. The highest BCUT2D eigenvalue weighted by molar-refractivity contribution is 5.12. The number of hydrogen-bond donors (Lipinski definition) is 1. The summed E-state index contributed by atoms with van der Waals surface area (Å²) >= 11 is 0. The van der Waals surface area contributed by atoms with Crippen LogP contribution in [0.5, 0.6) is 0 Å². The molecule has 56 valence electrons. The van der Waals surface area contributed by atoms with E-state index >= 15 is 0 Å². The molecule has 1 unspecified atom stereocenters. The van der Waals surface area contributed by atoms with E-state index in [1.54, 1.807) is 0 Å². The Morgan fingerprint density at radius 1 is 1.30 bits per heavy atom. The summed E-state index contributed by atoms with van der Waals surface area (Å²) in [7, 11) is 0. The molecule has 1 N–H and O–H groups in total. The third-order valence-corrected chi connectivity index (χ3v) is 2.20. The van der Waals surface area contributed by atoms with Crippen molar-refractivity contribution in [2.75, 3.05) is 0 Å². The summed E-state index contributed by atoms with van der Waals surface area (Å²) in [6.45, 7) is 6.66. The van der Waals surface area contributed by atoms with Crippen LogP contribution in [0.15, 0.2) is 24.4 Å². The van der Waals surface area contributed by atoms with Gasteiger partial charge in [-0.2, -0.15) is 0 Å². The zero-order valence-corrected chi connectivity index (χ0v) is 6.89. The minimum absolute atomic E-state index is 0.267. The molecule has 1 aliphatic rings. The van der Waals surface area contributed by atoms with Gasteiger partial charge in [0.1, 0.15) is 0 Å². The lowest BCUT2D eigenvalue weighted by molar-refractivity contribution is 0.360. The van der Waals surface area contributed by atoms with Crippen LogP contribution in [0.1, 0.15) is 20.8 Å². The summed E-state index contributed by atoms with van der Waals surface area (Å²) in [5.41, 5.74) is 0.267. The molecule has 1 atom stereocenters. The zero-order chi connectivity index (χ0) is 7.61. The lowest BCUT2D eigenvalue weighted by Crippen LogP contribution is -2.34. The van der Waals surface area contributed by atoms with Gasteiger partial charge in [-0.3, -0.25) is 0 Å². The van der Waals surface area contributed by atoms with Crippen LogP contribution < -0.4 is 5.32 Å². The molecule has 1 heterocycles. The first-order valence-corrected chi connectivity index (χ1v) is 3.73. The van der Waals surface area contributed by atoms with Crippen LogP contribution in [-0.2, 0) is 0 Å². The summed E-state index contributed by atoms with van der Waals surface area (Å²) in [4.78, 5) is 0. The van der Waals surface area contributed by atoms with Gasteiger partial charge in [0, 0.05) is 11.5 Å². The van der Waals surface area contributed by atoms with Gasteiger partial charge in [0.15, 0.2) is 0 Å². The molecule has 0 saturated heterocycles. The molecule has 0 aromatic carbocycles. The first kappa shape index (κ1) is 7.39. The van der Waals surface area contributed by atoms with Crippen molar-refractivity contribution >= 4 is 0 Å². The first-order chi connectivity index (χ1) is 4.63. The Bertz CT molecular complexity index is 166. The van der Waals surface area contributed by atoms with Gasteiger partial charge in [-0.25, -0.2) is 0 Å². The third-order valence-electron chi connectivity index (χ3n) is 2.20. The fourth-order valence-electron chi connectivity index (χ4n) is 0.918. The van der Waals surface area contributed by atoms with E-state index in [1.807, 2.05) is 12.3 Å². The van der Waals surface area contributed by atoms with E-state index in [1.165, 1.54) is 0 Å². The van der Waals surface area contributed by atoms with Gasteiger partial charge in [-0.05, 0) is 19.2 Å². The lowest BCUT2D eigenvalue weighted by atomic mass is 9.85. The topological polar surface area (TPSA) is 12.0 Å². The van der Waals surface area contributed by atoms with E-state index in [0.29, 0.717) is 6.04 Å². The van der Waals surface area contributed by atoms with Crippen LogP contribution in [0.3, 0.4) is 0 Å². The smallest absolute Gasteiger partial charge is 0.0313 e. The minimum Gasteiger partial charge on any atom is -0.388 e. The molecule has 0 aromatic rings. The highest BCUT2D eigenvalue weighted by Gasteiger charge is 2.21. The number of nitrogens with one attached hydrogen (secondary N) is 1. The van der Waals surface area contributed by atoms with Crippen molar-refractivity contribution in [1.82, 2.24) is 5.32 Å². The standard InChI is InChI=1S/C9H15N/c1-8-9(2,3)6-4-5-7-10-8/h4-8,10H,1-3H3. The molecular formula is C9H15N. The minimum atomic E-state index is 0.267. The fraction of sp³-hybridized carbons (Fsp3) is 0.556. The van der Waals surface area contributed by atoms with Gasteiger partial charge in [0.25, 0.3) is 0 Å². The zero-order valence-electron chi connectivity index (χ0n) is 6.89. The predicted octanol–water partition coefficient (Wildman–Crippen LogP) is 2.07. The van der Waals surface area contributed by atoms with Crippen LogP contribution in [0.25, 0.3) is 0 Å². The molecule has 1 rings (SSSR count). The van der Waals surface area contributed by atoms with Crippen LogP contribution in [0.4, 0.5) is 0 Å². The highest BCUT2D eigenvalue weighted by Crippen LogP contribution is 2.23. The van der Waals surface area contributed by atoms with E-state index in [9.17, 15) is 0 Å². The fourth-order valence-corrected chi connectivity index (χ4v) is 0.918. The normalized spacial score (nSPS) is 29.3. The molecule has 0 spiro atoms. The summed E-state index contributed by atoms with van der Waals surface area (Å²) in [5, 5.41) is 3.29. The molecule has 1 nitrogen and oxygen atoms in total. The highest BCUT2D eigenvalue weighted by atomic mass is 14.9. The molecule has 0 fully saturated rings. The molecule has 0 aliphatic carbocycles. The van der Waals surface area contributed by atoms with Crippen molar-refractivity contribution in [1.29, 1.82) is 0 Å². The van der Waals surface area contributed by atoms with Crippen molar-refractivity contribution < 1.29 is 0 Å². The van der Waals surface area contributed by atoms with E-state index in [-0.39, 0.29) is 5.41 Å². The maximum Gasteiger partial charge on any atom is 0.0313 e. The molecule has 0 saturated carbocycles. The molecule has 1 aliphatic heterocycles. The first-order valence-electron chi connectivity index (χ1n) is 3.73. The van der Waals surface area contributed by atoms with Crippen molar-refractivity contribution in [3.63, 3.8) is 0 Å². The van der Waals surface area contributed by atoms with E-state index in [0.717, 1.165) is 0 Å². The molecular weight excluding hydrogens is 122 g/mol. The number of allylic oxidation sites excluding steroid dienone is 2. The molecule has 0 amide bonds. The Hall–Kier alpha value is -0.720. The molecule has 10 heavy (non-hydrogen) atoms. The maximum absolute atomic E-state index is 3.29. The Kier molecular flexibility index (Phi) is 1.84. The van der Waals surface area contributed by atoms with Gasteiger partial charge >= 0.3 is 0 Å². The Balaban J connectivity index is 2.76. The van der Waals surface area contributed by atoms with Gasteiger partial charge in [0.2, 0.25) is 0 Å². The van der Waals surface area contributed by atoms with Crippen LogP contribution in [0, 0.1) is 5.41 Å². The maximum atomic E-state index is 3.29. The summed E-state index contributed by atoms with van der Waals surface area (Å²) in [6, 6.07) is 0.516. The van der Waals surface area contributed by atoms with Crippen LogP contribution in [0.2, 0.25) is 0 Å². The largest absolute Gasteiger partial charge is 0.388 e. The Morgan fingerprint density at radius 2 is 2.00 bits per heavy atom. The molecule has 0 bridgehead atoms. The molecule has 1 heteroatoms. The van der Waals surface area contributed by atoms with Crippen LogP contribution >= 0.6 is 0 Å². The van der Waals surface area contributed by atoms with Crippen molar-refractivity contribution in [2.45, 2.75) is 26.8 Å². The van der Waals surface area contributed by atoms with Crippen molar-refractivity contribution in [2.24, 2.45) is 5.41 Å². The summed E-state index contributed by atoms with van der Waals surface area (Å²) in [5.74, 6) is 0. The summed E-state index contributed by atoms with van der Waals surface area (Å²) in [6.07, 6.45) is 8.35. The van der Waals surface area contributed by atoms with Gasteiger partial charge in [-0.15, -0.1) is 0 Å². The average molecular weight is 137 g/mol. The summed E-state index contributed by atoms with van der Waals surface area (Å²) < 4.78 is 0. The van der Waals surface area contributed by atoms with E-state index in [2.05, 4.69) is 38.2 Å². The second-order valence-electron chi connectivity index (χ2n) is 3.43. The predicted molar refractivity (Wildman–Crippen MR) is 44.7 cm³/mol. The van der Waals surface area contributed by atoms with E-state index in [4.69, 9.17) is 0 Å². The van der Waals surface area contributed by atoms with Gasteiger partial charge in [0.05, 0.1) is 0 Å². The number of hydrogen-bond acceptors (Lipinski definition) is 1. The lowest BCUT2D eigenvalue weighted by Gasteiger charge is -2.27. The average Bonchev–Trinajstić information content (AvgIpc) is 1.96. The second-order valence-corrected chi connectivity index (χ2v) is 3.43. The molecule has 0 aromatic heterocycles. The van der Waals surface area contributed by atoms with Gasteiger partial charge < -0.3 is 5.32 Å². The number of rotatable bonds is 0. The van der Waals surface area contributed by atoms with Crippen molar-refractivity contribution in [3.05, 3.63) is 24.4 Å². The van der Waals surface area contributed by atoms with Gasteiger partial charge in [-0.1, -0.05) is 26.0 Å². The Morgan fingerprint density at radius 3 is 2.70 bits per heavy atom. The van der Waals surface area contributed by atoms with Crippen LogP contribution in [-0.4, -0.2) is 6.04 Å². The monoisotopic (exact) mass is 137 g/mol. The third kappa shape index (κ3) is 1.41. The van der Waals surface area contributed by atoms with E-state index < -0.39 is 0 Å². The second kappa shape index (κ2) is 2.49. The Labute approximate surface area is 62.8 Å². The molecule has 0 radical (unpaired) electrons. The van der Waals surface area contributed by atoms with Crippen molar-refractivity contribution in [3.8, 4) is 0 Å². The quantitative estimate of drug-likeness (QED) is 0.539.